The van der Waals surface area contributed by atoms with Crippen LogP contribution in [0.3, 0.4) is 0 Å². The van der Waals surface area contributed by atoms with E-state index in [0.717, 1.165) is 31.4 Å². The summed E-state index contributed by atoms with van der Waals surface area (Å²) in [5.41, 5.74) is 1.80. The zero-order chi connectivity index (χ0) is 20.5. The van der Waals surface area contributed by atoms with Crippen LogP contribution in [0, 0.1) is 57.2 Å². The van der Waals surface area contributed by atoms with Crippen LogP contribution >= 0.6 is 0 Å². The number of hydrogen-bond acceptors (Lipinski definition) is 4. The highest BCUT2D eigenvalue weighted by molar-refractivity contribution is 5.93. The van der Waals surface area contributed by atoms with E-state index in [1.54, 1.807) is 0 Å². The van der Waals surface area contributed by atoms with Crippen LogP contribution in [0.15, 0.2) is 16.8 Å². The number of oxime groups is 1. The topological polar surface area (TPSA) is 73.5 Å². The molecule has 28 heavy (non-hydrogen) atoms. The largest absolute Gasteiger partial charge is 0.411 e. The Morgan fingerprint density at radius 3 is 2.57 bits per heavy atom. The van der Waals surface area contributed by atoms with Crippen molar-refractivity contribution in [2.75, 3.05) is 0 Å². The molecule has 7 atom stereocenters. The van der Waals surface area contributed by atoms with Gasteiger partial charge in [-0.05, 0) is 87.9 Å². The fraction of sp³-hybridized carbons (Fsp3) is 0.792. The Balaban J connectivity index is 1.74. The van der Waals surface area contributed by atoms with Gasteiger partial charge in [-0.3, -0.25) is 4.79 Å². The van der Waals surface area contributed by atoms with Crippen LogP contribution in [-0.4, -0.2) is 16.7 Å². The molecule has 4 nitrogen and oxygen atoms in total. The smallest absolute Gasteiger partial charge is 0.159 e. The Labute approximate surface area is 169 Å². The van der Waals surface area contributed by atoms with E-state index in [4.69, 9.17) is 0 Å². The zero-order valence-corrected chi connectivity index (χ0v) is 18.0. The lowest BCUT2D eigenvalue weighted by Gasteiger charge is -2.60. The van der Waals surface area contributed by atoms with E-state index in [0.29, 0.717) is 30.1 Å². The first-order valence-electron chi connectivity index (χ1n) is 10.9. The maximum atomic E-state index is 12.9. The van der Waals surface area contributed by atoms with Crippen molar-refractivity contribution in [1.29, 1.82) is 5.26 Å². The fourth-order valence-electron chi connectivity index (χ4n) is 8.27. The number of allylic oxidation sites excluding steroid dienone is 2. The molecular formula is C24H34N2O2. The highest BCUT2D eigenvalue weighted by atomic mass is 16.4. The van der Waals surface area contributed by atoms with Crippen molar-refractivity contribution in [3.05, 3.63) is 11.6 Å². The van der Waals surface area contributed by atoms with Gasteiger partial charge in [0.1, 0.15) is 5.92 Å². The molecule has 0 saturated heterocycles. The quantitative estimate of drug-likeness (QED) is 0.287. The van der Waals surface area contributed by atoms with Crippen LogP contribution in [-0.2, 0) is 4.79 Å². The van der Waals surface area contributed by atoms with Crippen LogP contribution < -0.4 is 0 Å². The molecule has 0 bridgehead atoms. The molecule has 1 N–H and O–H groups in total. The molecule has 0 aromatic carbocycles. The molecular weight excluding hydrogens is 348 g/mol. The summed E-state index contributed by atoms with van der Waals surface area (Å²) in [7, 11) is 0. The molecule has 1 unspecified atom stereocenters. The zero-order valence-electron chi connectivity index (χ0n) is 18.0. The summed E-state index contributed by atoms with van der Waals surface area (Å²) in [6.45, 7) is 10.8. The van der Waals surface area contributed by atoms with Crippen molar-refractivity contribution in [3.63, 3.8) is 0 Å². The van der Waals surface area contributed by atoms with Gasteiger partial charge in [0, 0.05) is 11.3 Å². The van der Waals surface area contributed by atoms with Crippen molar-refractivity contribution in [3.8, 4) is 6.07 Å². The number of carbonyl (C=O) groups excluding carboxylic acids is 1. The molecule has 0 aromatic rings. The van der Waals surface area contributed by atoms with Crippen molar-refractivity contribution >= 4 is 11.5 Å². The number of nitriles is 1. The van der Waals surface area contributed by atoms with E-state index in [1.807, 2.05) is 20.8 Å². The minimum absolute atomic E-state index is 0.0553. The molecule has 4 heteroatoms. The van der Waals surface area contributed by atoms with E-state index in [9.17, 15) is 15.3 Å². The van der Waals surface area contributed by atoms with E-state index >= 15 is 0 Å². The minimum Gasteiger partial charge on any atom is -0.411 e. The maximum absolute atomic E-state index is 12.9. The summed E-state index contributed by atoms with van der Waals surface area (Å²) in [6, 6.07) is 2.33. The molecule has 0 radical (unpaired) electrons. The Bertz CT molecular complexity index is 804. The second-order valence-corrected chi connectivity index (χ2v) is 10.9. The summed E-state index contributed by atoms with van der Waals surface area (Å²) in [4.78, 5) is 12.9. The van der Waals surface area contributed by atoms with E-state index in [1.165, 1.54) is 12.0 Å². The lowest BCUT2D eigenvalue weighted by molar-refractivity contribution is -0.135. The number of nitrogens with zero attached hydrogens (tertiary/aromatic N) is 2. The van der Waals surface area contributed by atoms with Gasteiger partial charge in [-0.25, -0.2) is 0 Å². The van der Waals surface area contributed by atoms with Crippen molar-refractivity contribution < 1.29 is 10.0 Å². The highest BCUT2D eigenvalue weighted by Gasteiger charge is 2.62. The van der Waals surface area contributed by atoms with Crippen LogP contribution in [0.1, 0.15) is 73.1 Å². The molecule has 0 amide bonds. The molecule has 0 heterocycles. The number of hydrogen-bond donors (Lipinski definition) is 1. The van der Waals surface area contributed by atoms with Gasteiger partial charge in [-0.2, -0.15) is 5.26 Å². The number of carbonyl (C=O) groups is 1. The van der Waals surface area contributed by atoms with E-state index in [-0.39, 0.29) is 16.6 Å². The van der Waals surface area contributed by atoms with Gasteiger partial charge in [0.05, 0.1) is 11.8 Å². The highest BCUT2D eigenvalue weighted by Crippen LogP contribution is 2.68. The van der Waals surface area contributed by atoms with E-state index in [2.05, 4.69) is 31.1 Å². The van der Waals surface area contributed by atoms with Crippen LogP contribution in [0.4, 0.5) is 0 Å². The molecule has 3 fully saturated rings. The number of rotatable bonds is 1. The average molecular weight is 383 g/mol. The molecule has 4 aliphatic rings. The Morgan fingerprint density at radius 1 is 1.21 bits per heavy atom. The lowest BCUT2D eigenvalue weighted by Crippen LogP contribution is -2.55. The Hall–Kier alpha value is -1.63. The van der Waals surface area contributed by atoms with Gasteiger partial charge in [0.15, 0.2) is 5.78 Å². The first-order chi connectivity index (χ1) is 13.1. The minimum atomic E-state index is -0.530. The predicted molar refractivity (Wildman–Crippen MR) is 109 cm³/mol. The summed E-state index contributed by atoms with van der Waals surface area (Å²) in [5, 5.41) is 22.6. The molecule has 4 aliphatic carbocycles. The van der Waals surface area contributed by atoms with Crippen molar-refractivity contribution in [2.24, 2.45) is 51.0 Å². The third kappa shape index (κ3) is 2.34. The second-order valence-electron chi connectivity index (χ2n) is 10.9. The molecule has 152 valence electrons. The van der Waals surface area contributed by atoms with Crippen LogP contribution in [0.2, 0.25) is 0 Å². The lowest BCUT2D eigenvalue weighted by atomic mass is 9.43. The van der Waals surface area contributed by atoms with Crippen LogP contribution in [0.25, 0.3) is 0 Å². The summed E-state index contributed by atoms with van der Waals surface area (Å²) < 4.78 is 0. The normalized spacial score (nSPS) is 47.4. The third-order valence-electron chi connectivity index (χ3n) is 9.52. The third-order valence-corrected chi connectivity index (χ3v) is 9.52. The first kappa shape index (κ1) is 19.7. The maximum Gasteiger partial charge on any atom is 0.159 e. The van der Waals surface area contributed by atoms with Gasteiger partial charge in [0.25, 0.3) is 0 Å². The molecule has 0 aromatic heterocycles. The van der Waals surface area contributed by atoms with Gasteiger partial charge >= 0.3 is 0 Å². The molecule has 0 aliphatic heterocycles. The molecule has 3 saturated carbocycles. The van der Waals surface area contributed by atoms with Crippen LogP contribution in [0.5, 0.6) is 0 Å². The van der Waals surface area contributed by atoms with E-state index < -0.39 is 11.3 Å². The van der Waals surface area contributed by atoms with Gasteiger partial charge < -0.3 is 5.21 Å². The van der Waals surface area contributed by atoms with Gasteiger partial charge in [-0.15, -0.1) is 0 Å². The monoisotopic (exact) mass is 382 g/mol. The summed E-state index contributed by atoms with van der Waals surface area (Å²) >= 11 is 0. The fourth-order valence-corrected chi connectivity index (χ4v) is 8.27. The van der Waals surface area contributed by atoms with Gasteiger partial charge in [-0.1, -0.05) is 30.7 Å². The van der Waals surface area contributed by atoms with Gasteiger partial charge in [0.2, 0.25) is 0 Å². The average Bonchev–Trinajstić information content (AvgIpc) is 3.01. The predicted octanol–water partition coefficient (Wildman–Crippen LogP) is 5.37. The number of Topliss-reactive ketones (excluding diaryl/α,β-unsaturated/α-hetero) is 1. The number of fused-ring (bicyclic) bond motifs is 5. The Kier molecular flexibility index (Phi) is 4.34. The molecule has 4 rings (SSSR count). The Morgan fingerprint density at radius 2 is 1.93 bits per heavy atom. The van der Waals surface area contributed by atoms with Crippen molar-refractivity contribution in [2.45, 2.75) is 73.1 Å². The standard InChI is InChI=1S/C24H34N2O2/c1-14(26-28)17-7-8-18-16-6-9-20-22(2,3)21(27)15(13-25)12-24(20,5)19(16)10-11-23(17,18)4/h9,15-19,28H,6-8,10-12H2,1-5H3/t15?,16-,17+,18-,19-,23+,24+/m0/s1. The molecule has 0 spiro atoms. The SMILES string of the molecule is CC(=NO)[C@H]1CC[C@H]2[C@@H]3CC=C4C(C)(C)C(=O)C(C#N)C[C@]4(C)[C@H]3CC[C@]12C. The second kappa shape index (κ2) is 6.18. The van der Waals surface area contributed by atoms with Crippen molar-refractivity contribution in [1.82, 2.24) is 0 Å². The summed E-state index contributed by atoms with van der Waals surface area (Å²) in [5.74, 6) is 1.77. The summed E-state index contributed by atoms with van der Waals surface area (Å²) in [6.07, 6.45) is 8.69. The number of ketones is 1. The first-order valence-corrected chi connectivity index (χ1v) is 10.9.